The van der Waals surface area contributed by atoms with Gasteiger partial charge in [0.05, 0.1) is 13.2 Å². The van der Waals surface area contributed by atoms with Crippen molar-refractivity contribution in [1.29, 1.82) is 0 Å². The Labute approximate surface area is 107 Å². The van der Waals surface area contributed by atoms with E-state index in [9.17, 15) is 4.79 Å². The lowest BCUT2D eigenvalue weighted by Gasteiger charge is -2.40. The first-order valence-electron chi connectivity index (χ1n) is 5.90. The zero-order chi connectivity index (χ0) is 13.2. The molecule has 6 heteroatoms. The molecular formula is C12H18N4O2. The van der Waals surface area contributed by atoms with Crippen LogP contribution in [-0.2, 0) is 9.53 Å². The molecule has 0 N–H and O–H groups in total. The molecule has 6 nitrogen and oxygen atoms in total. The molecule has 98 valence electrons. The summed E-state index contributed by atoms with van der Waals surface area (Å²) in [6.07, 6.45) is 3.39. The van der Waals surface area contributed by atoms with Gasteiger partial charge in [-0.05, 0) is 13.0 Å². The highest BCUT2D eigenvalue weighted by molar-refractivity contribution is 5.85. The van der Waals surface area contributed by atoms with E-state index in [1.54, 1.807) is 37.5 Å². The second-order valence-electron chi connectivity index (χ2n) is 4.75. The Morgan fingerprint density at radius 1 is 1.44 bits per heavy atom. The van der Waals surface area contributed by atoms with Crippen molar-refractivity contribution in [3.63, 3.8) is 0 Å². The molecule has 1 atom stereocenters. The predicted octanol–water partition coefficient (Wildman–Crippen LogP) is 0.160. The van der Waals surface area contributed by atoms with Crippen LogP contribution in [0.4, 0.5) is 5.95 Å². The van der Waals surface area contributed by atoms with Gasteiger partial charge in [0.2, 0.25) is 5.95 Å². The lowest BCUT2D eigenvalue weighted by molar-refractivity contribution is -0.155. The summed E-state index contributed by atoms with van der Waals surface area (Å²) in [5.41, 5.74) is -0.832. The van der Waals surface area contributed by atoms with Crippen molar-refractivity contribution < 1.29 is 9.53 Å². The third-order valence-corrected chi connectivity index (χ3v) is 2.97. The maximum atomic E-state index is 12.1. The summed E-state index contributed by atoms with van der Waals surface area (Å²) in [5.74, 6) is 0.599. The molecule has 1 saturated heterocycles. The minimum absolute atomic E-state index is 0.0388. The number of ether oxygens (including phenoxy) is 1. The van der Waals surface area contributed by atoms with Crippen LogP contribution in [0.25, 0.3) is 0 Å². The number of likely N-dealkylation sites (N-methyl/N-ethyl adjacent to an activating group) is 1. The van der Waals surface area contributed by atoms with Gasteiger partial charge >= 0.3 is 0 Å². The molecule has 0 radical (unpaired) electrons. The first-order chi connectivity index (χ1) is 8.53. The molecule has 2 rings (SSSR count). The largest absolute Gasteiger partial charge is 0.362 e. The van der Waals surface area contributed by atoms with Crippen molar-refractivity contribution in [3.8, 4) is 0 Å². The number of nitrogens with zero attached hydrogens (tertiary/aromatic N) is 4. The van der Waals surface area contributed by atoms with Crippen molar-refractivity contribution in [2.75, 3.05) is 38.7 Å². The summed E-state index contributed by atoms with van der Waals surface area (Å²) in [5, 5.41) is 0. The molecular weight excluding hydrogens is 232 g/mol. The van der Waals surface area contributed by atoms with Gasteiger partial charge in [0.1, 0.15) is 0 Å². The van der Waals surface area contributed by atoms with Crippen LogP contribution in [0.5, 0.6) is 0 Å². The van der Waals surface area contributed by atoms with Gasteiger partial charge in [0, 0.05) is 33.0 Å². The van der Waals surface area contributed by atoms with Gasteiger partial charge < -0.3 is 14.5 Å². The minimum atomic E-state index is -0.832. The Hall–Kier alpha value is -1.69. The van der Waals surface area contributed by atoms with Gasteiger partial charge in [-0.1, -0.05) is 0 Å². The first-order valence-corrected chi connectivity index (χ1v) is 5.90. The summed E-state index contributed by atoms with van der Waals surface area (Å²) in [4.78, 5) is 24.1. The average Bonchev–Trinajstić information content (AvgIpc) is 2.39. The fraction of sp³-hybridized carbons (Fsp3) is 0.583. The minimum Gasteiger partial charge on any atom is -0.362 e. The van der Waals surface area contributed by atoms with Crippen molar-refractivity contribution in [1.82, 2.24) is 14.9 Å². The van der Waals surface area contributed by atoms with Gasteiger partial charge in [-0.15, -0.1) is 0 Å². The zero-order valence-corrected chi connectivity index (χ0v) is 11.0. The number of carbonyl (C=O) groups excluding carboxylic acids is 1. The Morgan fingerprint density at radius 2 is 2.11 bits per heavy atom. The van der Waals surface area contributed by atoms with Crippen LogP contribution in [0.2, 0.25) is 0 Å². The molecule has 0 saturated carbocycles. The number of rotatable bonds is 2. The highest BCUT2D eigenvalue weighted by Crippen LogP contribution is 2.22. The average molecular weight is 250 g/mol. The third-order valence-electron chi connectivity index (χ3n) is 2.97. The highest BCUT2D eigenvalue weighted by Gasteiger charge is 2.40. The molecule has 2 heterocycles. The summed E-state index contributed by atoms with van der Waals surface area (Å²) in [6.45, 7) is 3.47. The molecule has 1 aliphatic heterocycles. The normalized spacial score (nSPS) is 23.8. The van der Waals surface area contributed by atoms with E-state index in [0.29, 0.717) is 25.6 Å². The van der Waals surface area contributed by atoms with E-state index in [1.807, 2.05) is 11.8 Å². The molecule has 1 amide bonds. The maximum absolute atomic E-state index is 12.1. The van der Waals surface area contributed by atoms with Gasteiger partial charge in [0.25, 0.3) is 5.91 Å². The van der Waals surface area contributed by atoms with Crippen LogP contribution in [0.1, 0.15) is 6.92 Å². The summed E-state index contributed by atoms with van der Waals surface area (Å²) in [6, 6.07) is 1.77. The van der Waals surface area contributed by atoms with E-state index >= 15 is 0 Å². The molecule has 18 heavy (non-hydrogen) atoms. The van der Waals surface area contributed by atoms with Crippen LogP contribution in [-0.4, -0.2) is 60.2 Å². The number of carbonyl (C=O) groups is 1. The van der Waals surface area contributed by atoms with Crippen LogP contribution >= 0.6 is 0 Å². The van der Waals surface area contributed by atoms with E-state index in [-0.39, 0.29) is 5.91 Å². The van der Waals surface area contributed by atoms with Crippen molar-refractivity contribution >= 4 is 11.9 Å². The molecule has 1 aromatic heterocycles. The number of aromatic nitrogens is 2. The van der Waals surface area contributed by atoms with Gasteiger partial charge in [0.15, 0.2) is 5.60 Å². The van der Waals surface area contributed by atoms with Gasteiger partial charge in [-0.25, -0.2) is 9.97 Å². The van der Waals surface area contributed by atoms with E-state index < -0.39 is 5.60 Å². The Kier molecular flexibility index (Phi) is 3.47. The second-order valence-corrected chi connectivity index (χ2v) is 4.75. The van der Waals surface area contributed by atoms with E-state index in [1.165, 1.54) is 0 Å². The first kappa shape index (κ1) is 12.8. The number of hydrogen-bond acceptors (Lipinski definition) is 5. The molecule has 0 bridgehead atoms. The molecule has 0 spiro atoms. The summed E-state index contributed by atoms with van der Waals surface area (Å²) < 4.78 is 5.65. The molecule has 1 fully saturated rings. The summed E-state index contributed by atoms with van der Waals surface area (Å²) >= 11 is 0. The quantitative estimate of drug-likeness (QED) is 0.748. The monoisotopic (exact) mass is 250 g/mol. The second kappa shape index (κ2) is 4.89. The van der Waals surface area contributed by atoms with Crippen molar-refractivity contribution in [2.45, 2.75) is 12.5 Å². The van der Waals surface area contributed by atoms with Crippen molar-refractivity contribution in [2.24, 2.45) is 0 Å². The fourth-order valence-electron chi connectivity index (χ4n) is 2.10. The lowest BCUT2D eigenvalue weighted by atomic mass is 10.0. The van der Waals surface area contributed by atoms with Gasteiger partial charge in [-0.2, -0.15) is 0 Å². The van der Waals surface area contributed by atoms with E-state index in [0.717, 1.165) is 0 Å². The number of morpholine rings is 1. The van der Waals surface area contributed by atoms with Crippen LogP contribution < -0.4 is 4.90 Å². The zero-order valence-electron chi connectivity index (χ0n) is 11.0. The van der Waals surface area contributed by atoms with E-state index in [4.69, 9.17) is 4.74 Å². The number of anilines is 1. The SMILES string of the molecule is CN(C)C(=O)[C@@]1(C)CN(c2ncccn2)CCO1. The molecule has 0 aliphatic carbocycles. The highest BCUT2D eigenvalue weighted by atomic mass is 16.5. The predicted molar refractivity (Wildman–Crippen MR) is 67.3 cm³/mol. The van der Waals surface area contributed by atoms with Gasteiger partial charge in [-0.3, -0.25) is 4.79 Å². The molecule has 1 aliphatic rings. The van der Waals surface area contributed by atoms with Crippen LogP contribution in [0, 0.1) is 0 Å². The van der Waals surface area contributed by atoms with E-state index in [2.05, 4.69) is 9.97 Å². The fourth-order valence-corrected chi connectivity index (χ4v) is 2.10. The van der Waals surface area contributed by atoms with Crippen molar-refractivity contribution in [3.05, 3.63) is 18.5 Å². The number of hydrogen-bond donors (Lipinski definition) is 0. The molecule has 0 unspecified atom stereocenters. The topological polar surface area (TPSA) is 58.6 Å². The van der Waals surface area contributed by atoms with Crippen LogP contribution in [0.15, 0.2) is 18.5 Å². The maximum Gasteiger partial charge on any atom is 0.255 e. The molecule has 0 aromatic carbocycles. The van der Waals surface area contributed by atoms with Crippen LogP contribution in [0.3, 0.4) is 0 Å². The smallest absolute Gasteiger partial charge is 0.255 e. The Bertz CT molecular complexity index is 423. The lowest BCUT2D eigenvalue weighted by Crippen LogP contribution is -2.58. The number of amides is 1. The summed E-state index contributed by atoms with van der Waals surface area (Å²) in [7, 11) is 3.46. The third kappa shape index (κ3) is 2.43. The Balaban J connectivity index is 2.16. The molecule has 1 aromatic rings. The Morgan fingerprint density at radius 3 is 2.72 bits per heavy atom. The standard InChI is InChI=1S/C12H18N4O2/c1-12(10(17)15(2)3)9-16(7-8-18-12)11-13-5-4-6-14-11/h4-6H,7-9H2,1-3H3/t12-/m1/s1.